The third-order valence-electron chi connectivity index (χ3n) is 3.87. The second kappa shape index (κ2) is 5.16. The lowest BCUT2D eigenvalue weighted by molar-refractivity contribution is 0.134. The molecule has 0 fully saturated rings. The van der Waals surface area contributed by atoms with Gasteiger partial charge in [-0.25, -0.2) is 15.0 Å². The summed E-state index contributed by atoms with van der Waals surface area (Å²) in [5.41, 5.74) is 1.94. The molecule has 0 spiro atoms. The first-order valence-corrected chi connectivity index (χ1v) is 9.36. The zero-order valence-corrected chi connectivity index (χ0v) is 14.6. The van der Waals surface area contributed by atoms with Gasteiger partial charge >= 0.3 is 0 Å². The predicted octanol–water partition coefficient (Wildman–Crippen LogP) is 2.93. The minimum absolute atomic E-state index is 0.187. The molecule has 4 heterocycles. The Bertz CT molecular complexity index is 1010. The Hall–Kier alpha value is -1.68. The van der Waals surface area contributed by atoms with Crippen molar-refractivity contribution in [2.24, 2.45) is 0 Å². The molecule has 10 heteroatoms. The van der Waals surface area contributed by atoms with Gasteiger partial charge in [0.05, 0.1) is 16.6 Å². The number of hydrogen-bond acceptors (Lipinski definition) is 8. The van der Waals surface area contributed by atoms with Crippen molar-refractivity contribution < 1.29 is 14.6 Å². The van der Waals surface area contributed by atoms with Crippen LogP contribution < -0.4 is 9.47 Å². The summed E-state index contributed by atoms with van der Waals surface area (Å²) in [6, 6.07) is 3.62. The number of fused-ring (bicyclic) bond motifs is 5. The van der Waals surface area contributed by atoms with Gasteiger partial charge in [0, 0.05) is 12.1 Å². The van der Waals surface area contributed by atoms with Crippen molar-refractivity contribution >= 4 is 46.2 Å². The summed E-state index contributed by atoms with van der Waals surface area (Å²) in [5, 5.41) is 12.9. The van der Waals surface area contributed by atoms with E-state index in [1.54, 1.807) is 4.57 Å². The molecule has 0 aliphatic carbocycles. The average Bonchev–Trinajstić information content (AvgIpc) is 3.14. The molecular formula is C14H9ClN4O3S2. The molecule has 1 N–H and O–H groups in total. The van der Waals surface area contributed by atoms with Gasteiger partial charge in [0.25, 0.3) is 0 Å². The van der Waals surface area contributed by atoms with E-state index >= 15 is 0 Å². The van der Waals surface area contributed by atoms with E-state index in [0.717, 1.165) is 5.52 Å². The fraction of sp³-hybridized carbons (Fsp3) is 0.214. The van der Waals surface area contributed by atoms with Crippen LogP contribution in [0.5, 0.6) is 11.5 Å². The molecule has 5 rings (SSSR count). The van der Waals surface area contributed by atoms with E-state index in [1.807, 2.05) is 18.4 Å². The van der Waals surface area contributed by atoms with Crippen LogP contribution in [0.2, 0.25) is 5.15 Å². The first-order chi connectivity index (χ1) is 11.7. The van der Waals surface area contributed by atoms with Crippen LogP contribution in [-0.2, 0) is 0 Å². The van der Waals surface area contributed by atoms with Crippen LogP contribution >= 0.6 is 35.1 Å². The molecule has 1 aromatic carbocycles. The number of benzene rings is 1. The minimum Gasteiger partial charge on any atom is -0.454 e. The molecule has 0 amide bonds. The molecule has 0 saturated carbocycles. The SMILES string of the molecule is CSc1nc(Cl)c2c(n1)Sc1nc3cc4c(cc3n1[C@@H]2O)OCO4. The number of rotatable bonds is 1. The number of nitrogens with zero attached hydrogens (tertiary/aromatic N) is 4. The zero-order chi connectivity index (χ0) is 16.4. The van der Waals surface area contributed by atoms with E-state index in [4.69, 9.17) is 21.1 Å². The van der Waals surface area contributed by atoms with Crippen molar-refractivity contribution in [1.82, 2.24) is 19.5 Å². The quantitative estimate of drug-likeness (QED) is 0.392. The van der Waals surface area contributed by atoms with Crippen molar-refractivity contribution in [2.75, 3.05) is 13.0 Å². The molecule has 0 bridgehead atoms. The highest BCUT2D eigenvalue weighted by molar-refractivity contribution is 7.99. The lowest BCUT2D eigenvalue weighted by Gasteiger charge is -2.23. The Morgan fingerprint density at radius 3 is 2.88 bits per heavy atom. The Balaban J connectivity index is 1.74. The number of halogens is 1. The van der Waals surface area contributed by atoms with Gasteiger partial charge in [-0.1, -0.05) is 23.4 Å². The fourth-order valence-electron chi connectivity index (χ4n) is 2.78. The number of thioether (sulfide) groups is 1. The molecule has 1 atom stereocenters. The number of hydrogen-bond donors (Lipinski definition) is 1. The summed E-state index contributed by atoms with van der Waals surface area (Å²) in [5.74, 6) is 1.28. The first-order valence-electron chi connectivity index (χ1n) is 6.94. The van der Waals surface area contributed by atoms with Crippen LogP contribution in [0.15, 0.2) is 27.5 Å². The van der Waals surface area contributed by atoms with Crippen LogP contribution in [0.3, 0.4) is 0 Å². The van der Waals surface area contributed by atoms with E-state index < -0.39 is 6.23 Å². The average molecular weight is 381 g/mol. The highest BCUT2D eigenvalue weighted by Gasteiger charge is 2.32. The molecule has 0 unspecified atom stereocenters. The van der Waals surface area contributed by atoms with Crippen LogP contribution in [0, 0.1) is 0 Å². The van der Waals surface area contributed by atoms with Crippen molar-refractivity contribution in [2.45, 2.75) is 21.6 Å². The maximum absolute atomic E-state index is 10.9. The van der Waals surface area contributed by atoms with Crippen LogP contribution in [0.1, 0.15) is 11.8 Å². The summed E-state index contributed by atoms with van der Waals surface area (Å²) in [6.07, 6.45) is 0.865. The second-order valence-electron chi connectivity index (χ2n) is 5.15. The van der Waals surface area contributed by atoms with Gasteiger partial charge in [-0.2, -0.15) is 0 Å². The molecule has 0 saturated heterocycles. The lowest BCUT2D eigenvalue weighted by atomic mass is 10.2. The van der Waals surface area contributed by atoms with Gasteiger partial charge in [0.2, 0.25) is 6.79 Å². The van der Waals surface area contributed by atoms with E-state index in [-0.39, 0.29) is 11.9 Å². The molecule has 7 nitrogen and oxygen atoms in total. The lowest BCUT2D eigenvalue weighted by Crippen LogP contribution is -2.18. The third kappa shape index (κ3) is 1.95. The molecule has 24 heavy (non-hydrogen) atoms. The number of aromatic nitrogens is 4. The molecule has 122 valence electrons. The van der Waals surface area contributed by atoms with Crippen LogP contribution in [-0.4, -0.2) is 37.7 Å². The fourth-order valence-corrected chi connectivity index (χ4v) is 4.63. The summed E-state index contributed by atoms with van der Waals surface area (Å²) < 4.78 is 12.5. The molecular weight excluding hydrogens is 372 g/mol. The Morgan fingerprint density at radius 2 is 2.08 bits per heavy atom. The molecule has 2 aliphatic rings. The Labute approximate surface area is 149 Å². The van der Waals surface area contributed by atoms with Crippen molar-refractivity contribution in [3.63, 3.8) is 0 Å². The maximum atomic E-state index is 10.9. The van der Waals surface area contributed by atoms with Gasteiger partial charge in [-0.05, 0) is 18.0 Å². The van der Waals surface area contributed by atoms with Crippen LogP contribution in [0.25, 0.3) is 11.0 Å². The summed E-state index contributed by atoms with van der Waals surface area (Å²) in [4.78, 5) is 13.2. The Morgan fingerprint density at radius 1 is 1.29 bits per heavy atom. The Kier molecular flexibility index (Phi) is 3.15. The summed E-state index contributed by atoms with van der Waals surface area (Å²) >= 11 is 9.03. The van der Waals surface area contributed by atoms with Gasteiger partial charge in [0.1, 0.15) is 10.2 Å². The summed E-state index contributed by atoms with van der Waals surface area (Å²) in [6.45, 7) is 0.187. The molecule has 3 aromatic rings. The third-order valence-corrected chi connectivity index (χ3v) is 5.68. The normalized spacial score (nSPS) is 17.9. The molecule has 2 aromatic heterocycles. The summed E-state index contributed by atoms with van der Waals surface area (Å²) in [7, 11) is 0. The molecule has 2 aliphatic heterocycles. The van der Waals surface area contributed by atoms with E-state index in [9.17, 15) is 5.11 Å². The maximum Gasteiger partial charge on any atom is 0.231 e. The van der Waals surface area contributed by atoms with Gasteiger partial charge in [0.15, 0.2) is 28.0 Å². The largest absolute Gasteiger partial charge is 0.454 e. The first kappa shape index (κ1) is 14.6. The minimum atomic E-state index is -1.01. The van der Waals surface area contributed by atoms with Gasteiger partial charge < -0.3 is 14.6 Å². The highest BCUT2D eigenvalue weighted by Crippen LogP contribution is 2.46. The van der Waals surface area contributed by atoms with Crippen molar-refractivity contribution in [3.8, 4) is 11.5 Å². The monoisotopic (exact) mass is 380 g/mol. The standard InChI is InChI=1S/C14H9ClN4O3S2/c1-23-13-17-10(15)9-11(18-13)24-14-16-5-2-7-8(22-4-21-7)3-6(5)19(14)12(9)20/h2-3,12,20H,4H2,1H3/t12-/m1/s1. The molecule has 0 radical (unpaired) electrons. The zero-order valence-electron chi connectivity index (χ0n) is 12.2. The smallest absolute Gasteiger partial charge is 0.231 e. The van der Waals surface area contributed by atoms with Crippen molar-refractivity contribution in [3.05, 3.63) is 22.8 Å². The topological polar surface area (TPSA) is 82.3 Å². The number of imidazole rings is 1. The van der Waals surface area contributed by atoms with E-state index in [2.05, 4.69) is 15.0 Å². The van der Waals surface area contributed by atoms with Crippen molar-refractivity contribution in [1.29, 1.82) is 0 Å². The second-order valence-corrected chi connectivity index (χ2v) is 7.24. The number of ether oxygens (including phenoxy) is 2. The number of aliphatic hydroxyl groups excluding tert-OH is 1. The van der Waals surface area contributed by atoms with Gasteiger partial charge in [-0.3, -0.25) is 4.57 Å². The predicted molar refractivity (Wildman–Crippen MR) is 89.2 cm³/mol. The van der Waals surface area contributed by atoms with Crippen LogP contribution in [0.4, 0.5) is 0 Å². The van der Waals surface area contributed by atoms with E-state index in [1.165, 1.54) is 23.5 Å². The number of aliphatic hydroxyl groups is 1. The highest BCUT2D eigenvalue weighted by atomic mass is 35.5. The van der Waals surface area contributed by atoms with Gasteiger partial charge in [-0.15, -0.1) is 0 Å². The van der Waals surface area contributed by atoms with E-state index in [0.29, 0.717) is 37.9 Å².